The van der Waals surface area contributed by atoms with Gasteiger partial charge in [-0.2, -0.15) is 15.3 Å². The third-order valence-corrected chi connectivity index (χ3v) is 5.64. The number of rotatable bonds is 6. The summed E-state index contributed by atoms with van der Waals surface area (Å²) in [6.45, 7) is 0.705. The quantitative estimate of drug-likeness (QED) is 0.287. The molecule has 0 fully saturated rings. The van der Waals surface area contributed by atoms with Crippen LogP contribution < -0.4 is 0 Å². The van der Waals surface area contributed by atoms with Crippen molar-refractivity contribution in [2.24, 2.45) is 0 Å². The van der Waals surface area contributed by atoms with E-state index in [1.165, 1.54) is 9.03 Å². The fraction of sp³-hybridized carbons (Fsp3) is 0.150. The summed E-state index contributed by atoms with van der Waals surface area (Å²) in [5.74, 6) is -1.07. The molecule has 0 saturated carbocycles. The van der Waals surface area contributed by atoms with Gasteiger partial charge in [-0.05, 0) is 44.3 Å². The van der Waals surface area contributed by atoms with E-state index in [0.717, 1.165) is 4.90 Å². The molecule has 5 aromatic heterocycles. The highest BCUT2D eigenvalue weighted by Gasteiger charge is 2.28. The van der Waals surface area contributed by atoms with Crippen molar-refractivity contribution in [1.82, 2.24) is 43.9 Å². The van der Waals surface area contributed by atoms with Crippen LogP contribution in [0.5, 0.6) is 0 Å². The first-order chi connectivity index (χ1) is 16.0. The van der Waals surface area contributed by atoms with E-state index < -0.39 is 11.8 Å². The van der Waals surface area contributed by atoms with Crippen molar-refractivity contribution < 1.29 is 9.59 Å². The number of hydrogen-bond acceptors (Lipinski definition) is 7. The Labute approximate surface area is 203 Å². The zero-order valence-corrected chi connectivity index (χ0v) is 20.1. The van der Waals surface area contributed by atoms with Crippen LogP contribution in [0, 0.1) is 0 Å². The molecule has 0 saturated heterocycles. The van der Waals surface area contributed by atoms with Gasteiger partial charge in [-0.1, -0.05) is 0 Å². The summed E-state index contributed by atoms with van der Waals surface area (Å²) >= 11 is 6.67. The van der Waals surface area contributed by atoms with E-state index >= 15 is 0 Å². The summed E-state index contributed by atoms with van der Waals surface area (Å²) in [7, 11) is 0. The fourth-order valence-corrected chi connectivity index (χ4v) is 3.90. The van der Waals surface area contributed by atoms with Gasteiger partial charge in [0, 0.05) is 62.4 Å². The van der Waals surface area contributed by atoms with Crippen molar-refractivity contribution in [2.75, 3.05) is 6.54 Å². The largest absolute Gasteiger partial charge is 0.281 e. The maximum absolute atomic E-state index is 13.4. The molecule has 0 spiro atoms. The fourth-order valence-electron chi connectivity index (χ4n) is 3.31. The minimum absolute atomic E-state index is 0.109. The van der Waals surface area contributed by atoms with Crippen LogP contribution in [0.2, 0.25) is 0 Å². The molecule has 33 heavy (non-hydrogen) atoms. The minimum atomic E-state index is -0.534. The first-order valence-corrected chi connectivity index (χ1v) is 11.4. The molecule has 0 aliphatic heterocycles. The third-order valence-electron chi connectivity index (χ3n) is 4.82. The molecular weight excluding hydrogens is 558 g/mol. The van der Waals surface area contributed by atoms with Gasteiger partial charge in [-0.25, -0.2) is 19.0 Å². The smallest absolute Gasteiger partial charge is 0.273 e. The van der Waals surface area contributed by atoms with Crippen LogP contribution in [0.4, 0.5) is 0 Å². The van der Waals surface area contributed by atoms with E-state index in [2.05, 4.69) is 57.1 Å². The van der Waals surface area contributed by atoms with Gasteiger partial charge in [0.15, 0.2) is 22.7 Å². The molecule has 0 atom stereocenters. The lowest BCUT2D eigenvalue weighted by molar-refractivity contribution is 0.0604. The monoisotopic (exact) mass is 571 g/mol. The molecule has 5 aromatic rings. The maximum atomic E-state index is 13.4. The van der Waals surface area contributed by atoms with E-state index in [4.69, 9.17) is 0 Å². The molecular formula is C20H15Br2N9O2. The number of aromatic nitrogens is 8. The third kappa shape index (κ3) is 4.41. The van der Waals surface area contributed by atoms with E-state index in [0.29, 0.717) is 33.2 Å². The van der Waals surface area contributed by atoms with Crippen molar-refractivity contribution >= 4 is 55.0 Å². The highest BCUT2D eigenvalue weighted by molar-refractivity contribution is 9.10. The van der Waals surface area contributed by atoms with Crippen molar-refractivity contribution in [3.8, 4) is 0 Å². The maximum Gasteiger partial charge on any atom is 0.281 e. The van der Waals surface area contributed by atoms with Crippen molar-refractivity contribution in [2.45, 2.75) is 13.0 Å². The summed E-state index contributed by atoms with van der Waals surface area (Å²) in [5, 5.41) is 12.8. The summed E-state index contributed by atoms with van der Waals surface area (Å²) in [4.78, 5) is 36.4. The van der Waals surface area contributed by atoms with Crippen LogP contribution >= 0.6 is 31.9 Å². The molecule has 0 bridgehead atoms. The Morgan fingerprint density at radius 1 is 0.909 bits per heavy atom. The molecule has 2 amide bonds. The summed E-state index contributed by atoms with van der Waals surface area (Å²) in [6, 6.07) is 4.91. The van der Waals surface area contributed by atoms with Gasteiger partial charge >= 0.3 is 0 Å². The lowest BCUT2D eigenvalue weighted by Crippen LogP contribution is -2.38. The number of carbonyl (C=O) groups is 2. The molecule has 5 rings (SSSR count). The Kier molecular flexibility index (Phi) is 5.72. The molecule has 0 N–H and O–H groups in total. The molecule has 0 aromatic carbocycles. The van der Waals surface area contributed by atoms with Crippen LogP contribution in [0.15, 0.2) is 64.3 Å². The average Bonchev–Trinajstić information content (AvgIpc) is 3.54. The number of hydrogen-bond donors (Lipinski definition) is 0. The van der Waals surface area contributed by atoms with Crippen molar-refractivity contribution in [3.63, 3.8) is 0 Å². The molecule has 5 heterocycles. The number of nitrogens with zero attached hydrogens (tertiary/aromatic N) is 9. The standard InChI is InChI=1S/C20H15Br2N9O2/c21-13-9-23-17-7-15(26-30(17)11-13)19(32)29(6-2-5-28-4-1-3-25-28)20(33)16-8-18-24-10-14(22)12-31(18)27-16/h1,3-4,7-12H,2,5-6H2. The first-order valence-electron chi connectivity index (χ1n) is 9.83. The van der Waals surface area contributed by atoms with Crippen LogP contribution in [-0.2, 0) is 6.54 Å². The number of aryl methyl sites for hydroxylation is 1. The van der Waals surface area contributed by atoms with E-state index in [-0.39, 0.29) is 17.9 Å². The van der Waals surface area contributed by atoms with Crippen LogP contribution in [0.25, 0.3) is 11.3 Å². The topological polar surface area (TPSA) is 116 Å². The highest BCUT2D eigenvalue weighted by atomic mass is 79.9. The minimum Gasteiger partial charge on any atom is -0.273 e. The number of imide groups is 1. The molecule has 0 aliphatic rings. The Balaban J connectivity index is 1.46. The molecule has 0 unspecified atom stereocenters. The van der Waals surface area contributed by atoms with Crippen LogP contribution in [-0.4, -0.2) is 62.2 Å². The van der Waals surface area contributed by atoms with Crippen molar-refractivity contribution in [1.29, 1.82) is 0 Å². The summed E-state index contributed by atoms with van der Waals surface area (Å²) in [6.07, 6.45) is 10.6. The average molecular weight is 573 g/mol. The second-order valence-corrected chi connectivity index (χ2v) is 8.93. The number of carbonyl (C=O) groups excluding carboxylic acids is 2. The van der Waals surface area contributed by atoms with E-state index in [1.54, 1.807) is 47.8 Å². The van der Waals surface area contributed by atoms with Crippen molar-refractivity contribution in [3.05, 3.63) is 75.7 Å². The van der Waals surface area contributed by atoms with Crippen LogP contribution in [0.3, 0.4) is 0 Å². The predicted octanol–water partition coefficient (Wildman–Crippen LogP) is 2.87. The van der Waals surface area contributed by atoms with E-state index in [9.17, 15) is 9.59 Å². The SMILES string of the molecule is O=C(c1cc2ncc(Br)cn2n1)N(CCCn1cccn1)C(=O)c1cc2ncc(Br)cn2n1. The summed E-state index contributed by atoms with van der Waals surface area (Å²) in [5.41, 5.74) is 1.20. The van der Waals surface area contributed by atoms with Gasteiger partial charge in [0.1, 0.15) is 0 Å². The molecule has 0 radical (unpaired) electrons. The molecule has 13 heteroatoms. The normalized spacial score (nSPS) is 11.3. The molecule has 0 aliphatic carbocycles. The number of amides is 2. The van der Waals surface area contributed by atoms with Gasteiger partial charge in [0.05, 0.1) is 8.95 Å². The summed E-state index contributed by atoms with van der Waals surface area (Å²) < 4.78 is 6.14. The van der Waals surface area contributed by atoms with Gasteiger partial charge in [-0.15, -0.1) is 0 Å². The first kappa shape index (κ1) is 21.4. The molecule has 166 valence electrons. The Bertz CT molecular complexity index is 1380. The lowest BCUT2D eigenvalue weighted by Gasteiger charge is -2.18. The number of halogens is 2. The zero-order valence-electron chi connectivity index (χ0n) is 16.9. The van der Waals surface area contributed by atoms with Gasteiger partial charge < -0.3 is 0 Å². The van der Waals surface area contributed by atoms with Gasteiger partial charge in [0.25, 0.3) is 11.8 Å². The number of fused-ring (bicyclic) bond motifs is 2. The van der Waals surface area contributed by atoms with E-state index in [1.807, 2.05) is 12.3 Å². The Morgan fingerprint density at radius 3 is 2.00 bits per heavy atom. The Hall–Kier alpha value is -3.45. The highest BCUT2D eigenvalue weighted by Crippen LogP contribution is 2.16. The second-order valence-electron chi connectivity index (χ2n) is 7.09. The zero-order chi connectivity index (χ0) is 22.9. The van der Waals surface area contributed by atoms with Gasteiger partial charge in [0.2, 0.25) is 0 Å². The predicted molar refractivity (Wildman–Crippen MR) is 124 cm³/mol. The lowest BCUT2D eigenvalue weighted by atomic mass is 10.2. The van der Waals surface area contributed by atoms with Gasteiger partial charge in [-0.3, -0.25) is 19.2 Å². The second kappa shape index (κ2) is 8.83. The Morgan fingerprint density at radius 2 is 1.48 bits per heavy atom. The van der Waals surface area contributed by atoms with Crippen LogP contribution in [0.1, 0.15) is 27.4 Å². The molecule has 11 nitrogen and oxygen atoms in total.